The lowest BCUT2D eigenvalue weighted by Crippen LogP contribution is -2.11. The number of nitro benzene ring substituents is 1. The van der Waals surface area contributed by atoms with Gasteiger partial charge in [-0.2, -0.15) is 8.42 Å². The van der Waals surface area contributed by atoms with Crippen LogP contribution in [0.2, 0.25) is 5.02 Å². The van der Waals surface area contributed by atoms with Gasteiger partial charge < -0.3 is 8.92 Å². The molecule has 0 N–H and O–H groups in total. The van der Waals surface area contributed by atoms with Crippen LogP contribution in [0.25, 0.3) is 0 Å². The van der Waals surface area contributed by atoms with Crippen molar-refractivity contribution < 1.29 is 22.3 Å². The van der Waals surface area contributed by atoms with Crippen LogP contribution in [0, 0.1) is 17.0 Å². The molecule has 0 unspecified atom stereocenters. The highest BCUT2D eigenvalue weighted by Crippen LogP contribution is 2.31. The van der Waals surface area contributed by atoms with Crippen molar-refractivity contribution >= 4 is 27.4 Å². The first-order chi connectivity index (χ1) is 10.7. The van der Waals surface area contributed by atoms with Gasteiger partial charge in [0.25, 0.3) is 5.69 Å². The van der Waals surface area contributed by atoms with Gasteiger partial charge in [0.1, 0.15) is 11.5 Å². The molecule has 0 bridgehead atoms. The Morgan fingerprint density at radius 3 is 2.43 bits per heavy atom. The molecule has 0 fully saturated rings. The van der Waals surface area contributed by atoms with Gasteiger partial charge >= 0.3 is 10.1 Å². The Labute approximate surface area is 137 Å². The molecule has 7 nitrogen and oxygen atoms in total. The summed E-state index contributed by atoms with van der Waals surface area (Å²) in [6.45, 7) is 1.69. The van der Waals surface area contributed by atoms with Gasteiger partial charge in [0.05, 0.1) is 12.0 Å². The van der Waals surface area contributed by atoms with E-state index in [1.165, 1.54) is 31.4 Å². The molecule has 0 saturated heterocycles. The van der Waals surface area contributed by atoms with E-state index in [9.17, 15) is 18.5 Å². The molecule has 0 aromatic heterocycles. The average molecular weight is 358 g/mol. The molecular weight excluding hydrogens is 346 g/mol. The molecule has 0 heterocycles. The molecule has 2 aromatic carbocycles. The van der Waals surface area contributed by atoms with Gasteiger partial charge in [0.15, 0.2) is 4.90 Å². The van der Waals surface area contributed by atoms with E-state index in [2.05, 4.69) is 0 Å². The van der Waals surface area contributed by atoms with Crippen molar-refractivity contribution in [3.05, 3.63) is 57.1 Å². The number of nitrogens with zero attached hydrogens (tertiary/aromatic N) is 1. The number of methoxy groups -OCH3 is 1. The molecule has 2 aromatic rings. The Hall–Kier alpha value is -2.32. The van der Waals surface area contributed by atoms with E-state index >= 15 is 0 Å². The van der Waals surface area contributed by atoms with Crippen molar-refractivity contribution in [3.8, 4) is 11.5 Å². The van der Waals surface area contributed by atoms with Crippen LogP contribution < -0.4 is 8.92 Å². The first kappa shape index (κ1) is 17.0. The number of benzene rings is 2. The molecule has 9 heteroatoms. The largest absolute Gasteiger partial charge is 0.495 e. The number of hydrogen-bond acceptors (Lipinski definition) is 6. The highest BCUT2D eigenvalue weighted by molar-refractivity contribution is 7.87. The first-order valence-corrected chi connectivity index (χ1v) is 8.06. The highest BCUT2D eigenvalue weighted by atomic mass is 35.5. The standard InChI is InChI=1S/C14H12ClNO6S/c1-9-7-11(4-5-12(9)15)22-23(19,20)14-8-10(16(17)18)3-6-13(14)21-2/h3-8H,1-2H3. The monoisotopic (exact) mass is 357 g/mol. The second-order valence-corrected chi connectivity index (χ2v) is 6.46. The fourth-order valence-corrected chi connectivity index (χ4v) is 3.04. The highest BCUT2D eigenvalue weighted by Gasteiger charge is 2.25. The minimum atomic E-state index is -4.31. The predicted molar refractivity (Wildman–Crippen MR) is 83.7 cm³/mol. The van der Waals surface area contributed by atoms with Crippen molar-refractivity contribution in [2.24, 2.45) is 0 Å². The van der Waals surface area contributed by atoms with Crippen molar-refractivity contribution in [2.45, 2.75) is 11.8 Å². The van der Waals surface area contributed by atoms with Gasteiger partial charge in [0, 0.05) is 17.2 Å². The zero-order valence-electron chi connectivity index (χ0n) is 12.1. The number of ether oxygens (including phenoxy) is 1. The van der Waals surface area contributed by atoms with Crippen molar-refractivity contribution in [1.82, 2.24) is 0 Å². The minimum absolute atomic E-state index is 0.0421. The van der Waals surface area contributed by atoms with E-state index in [4.69, 9.17) is 20.5 Å². The van der Waals surface area contributed by atoms with E-state index < -0.39 is 19.9 Å². The molecule has 0 spiro atoms. The second-order valence-electron chi connectivity index (χ2n) is 4.54. The number of rotatable bonds is 5. The average Bonchev–Trinajstić information content (AvgIpc) is 2.50. The Morgan fingerprint density at radius 1 is 1.17 bits per heavy atom. The van der Waals surface area contributed by atoms with Crippen LogP contribution in [0.15, 0.2) is 41.3 Å². The zero-order chi connectivity index (χ0) is 17.2. The molecule has 23 heavy (non-hydrogen) atoms. The Bertz CT molecular complexity index is 866. The summed E-state index contributed by atoms with van der Waals surface area (Å²) in [5, 5.41) is 11.3. The van der Waals surface area contributed by atoms with E-state index in [0.29, 0.717) is 10.6 Å². The molecule has 0 radical (unpaired) electrons. The molecule has 0 saturated carbocycles. The maximum Gasteiger partial charge on any atom is 0.343 e. The fraction of sp³-hybridized carbons (Fsp3) is 0.143. The molecule has 0 atom stereocenters. The van der Waals surface area contributed by atoms with Crippen LogP contribution in [0.4, 0.5) is 5.69 Å². The van der Waals surface area contributed by atoms with Crippen LogP contribution in [-0.2, 0) is 10.1 Å². The van der Waals surface area contributed by atoms with E-state index in [1.807, 2.05) is 0 Å². The second kappa shape index (κ2) is 6.43. The molecular formula is C14H12ClNO6S. The van der Waals surface area contributed by atoms with Gasteiger partial charge in [-0.15, -0.1) is 0 Å². The quantitative estimate of drug-likeness (QED) is 0.462. The lowest BCUT2D eigenvalue weighted by molar-refractivity contribution is -0.385. The van der Waals surface area contributed by atoms with Crippen LogP contribution in [0.3, 0.4) is 0 Å². The van der Waals surface area contributed by atoms with E-state index in [0.717, 1.165) is 12.1 Å². The number of halogens is 1. The number of non-ortho nitro benzene ring substituents is 1. The van der Waals surface area contributed by atoms with Gasteiger partial charge in [-0.25, -0.2) is 0 Å². The van der Waals surface area contributed by atoms with Gasteiger partial charge in [-0.1, -0.05) is 11.6 Å². The fourth-order valence-electron chi connectivity index (χ4n) is 1.81. The van der Waals surface area contributed by atoms with Crippen molar-refractivity contribution in [1.29, 1.82) is 0 Å². The third kappa shape index (κ3) is 3.72. The first-order valence-electron chi connectivity index (χ1n) is 6.27. The van der Waals surface area contributed by atoms with Gasteiger partial charge in [-0.05, 0) is 36.8 Å². The predicted octanol–water partition coefficient (Wildman–Crippen LogP) is 3.33. The van der Waals surface area contributed by atoms with Crippen LogP contribution in [-0.4, -0.2) is 20.5 Å². The summed E-state index contributed by atoms with van der Waals surface area (Å²) in [5.74, 6) is -0.0123. The van der Waals surface area contributed by atoms with Gasteiger partial charge in [-0.3, -0.25) is 10.1 Å². The molecule has 122 valence electrons. The van der Waals surface area contributed by atoms with E-state index in [1.54, 1.807) is 6.92 Å². The molecule has 0 aliphatic heterocycles. The smallest absolute Gasteiger partial charge is 0.343 e. The summed E-state index contributed by atoms with van der Waals surface area (Å²) >= 11 is 5.87. The Balaban J connectivity index is 2.47. The third-order valence-corrected chi connectivity index (χ3v) is 4.66. The van der Waals surface area contributed by atoms with Crippen molar-refractivity contribution in [3.63, 3.8) is 0 Å². The summed E-state index contributed by atoms with van der Waals surface area (Å²) in [5.41, 5.74) is 0.241. The summed E-state index contributed by atoms with van der Waals surface area (Å²) < 4.78 is 34.7. The lowest BCUT2D eigenvalue weighted by Gasteiger charge is -2.11. The lowest BCUT2D eigenvalue weighted by atomic mass is 10.2. The molecule has 0 aliphatic rings. The minimum Gasteiger partial charge on any atom is -0.495 e. The third-order valence-electron chi connectivity index (χ3n) is 2.96. The van der Waals surface area contributed by atoms with Gasteiger partial charge in [0.2, 0.25) is 0 Å². The maximum absolute atomic E-state index is 12.4. The number of nitro groups is 1. The normalized spacial score (nSPS) is 11.1. The zero-order valence-corrected chi connectivity index (χ0v) is 13.7. The van der Waals surface area contributed by atoms with Crippen LogP contribution in [0.5, 0.6) is 11.5 Å². The van der Waals surface area contributed by atoms with E-state index in [-0.39, 0.29) is 17.2 Å². The summed E-state index contributed by atoms with van der Waals surface area (Å²) in [6, 6.07) is 7.55. The van der Waals surface area contributed by atoms with Crippen LogP contribution >= 0.6 is 11.6 Å². The molecule has 0 amide bonds. The topological polar surface area (TPSA) is 95.7 Å². The van der Waals surface area contributed by atoms with Crippen molar-refractivity contribution in [2.75, 3.05) is 7.11 Å². The summed E-state index contributed by atoms with van der Waals surface area (Å²) in [6.07, 6.45) is 0. The number of aryl methyl sites for hydroxylation is 1. The number of hydrogen-bond donors (Lipinski definition) is 0. The SMILES string of the molecule is COc1ccc([N+](=O)[O-])cc1S(=O)(=O)Oc1ccc(Cl)c(C)c1. The molecule has 0 aliphatic carbocycles. The summed E-state index contributed by atoms with van der Waals surface area (Å²) in [7, 11) is -3.06. The maximum atomic E-state index is 12.4. The molecule has 2 rings (SSSR count). The Kier molecular flexibility index (Phi) is 4.76. The summed E-state index contributed by atoms with van der Waals surface area (Å²) in [4.78, 5) is 9.70. The van der Waals surface area contributed by atoms with Crippen LogP contribution in [0.1, 0.15) is 5.56 Å². The Morgan fingerprint density at radius 2 is 1.87 bits per heavy atom.